The van der Waals surface area contributed by atoms with Gasteiger partial charge in [0, 0.05) is 12.6 Å². The molecule has 0 aromatic carbocycles. The Hall–Kier alpha value is -2.23. The highest BCUT2D eigenvalue weighted by Gasteiger charge is 2.44. The fourth-order valence-corrected chi connectivity index (χ4v) is 4.30. The zero-order valence-corrected chi connectivity index (χ0v) is 21.7. The van der Waals surface area contributed by atoms with Crippen LogP contribution in [-0.4, -0.2) is 50.7 Å². The summed E-state index contributed by atoms with van der Waals surface area (Å²) in [4.78, 5) is 27.6. The molecule has 9 nitrogen and oxygen atoms in total. The number of nitrogens with zero attached hydrogens (tertiary/aromatic N) is 2. The van der Waals surface area contributed by atoms with Gasteiger partial charge in [0.1, 0.15) is 30.7 Å². The van der Waals surface area contributed by atoms with Crippen molar-refractivity contribution in [2.75, 3.05) is 12.3 Å². The molecule has 0 amide bonds. The average molecular weight is 508 g/mol. The number of anilines is 1. The molecule has 0 saturated carbocycles. The highest BCUT2D eigenvalue weighted by Crippen LogP contribution is 2.28. The molecule has 1 aromatic rings. The van der Waals surface area contributed by atoms with Crippen LogP contribution in [0.4, 0.5) is 5.82 Å². The van der Waals surface area contributed by atoms with Crippen LogP contribution in [0.2, 0.25) is 0 Å². The molecule has 204 valence electrons. The second-order valence-corrected chi connectivity index (χ2v) is 9.61. The van der Waals surface area contributed by atoms with Crippen LogP contribution in [0.3, 0.4) is 0 Å². The molecule has 4 atom stereocenters. The topological polar surface area (TPSA) is 137 Å². The van der Waals surface area contributed by atoms with E-state index >= 15 is 0 Å². The number of hydrogen-bond acceptors (Lipinski definition) is 8. The summed E-state index contributed by atoms with van der Waals surface area (Å²) >= 11 is 0. The van der Waals surface area contributed by atoms with Crippen LogP contribution in [0, 0.1) is 0 Å². The van der Waals surface area contributed by atoms with Crippen molar-refractivity contribution in [1.29, 1.82) is 0 Å². The molecule has 1 aliphatic heterocycles. The van der Waals surface area contributed by atoms with Crippen molar-refractivity contribution in [3.8, 4) is 0 Å². The van der Waals surface area contributed by atoms with E-state index in [-0.39, 0.29) is 18.4 Å². The summed E-state index contributed by atoms with van der Waals surface area (Å²) in [5.41, 5.74) is 4.77. The van der Waals surface area contributed by atoms with Crippen LogP contribution in [0.25, 0.3) is 0 Å². The van der Waals surface area contributed by atoms with E-state index in [4.69, 9.17) is 15.2 Å². The Morgan fingerprint density at radius 2 is 1.64 bits per heavy atom. The first-order valence-corrected chi connectivity index (χ1v) is 13.6. The second-order valence-electron chi connectivity index (χ2n) is 9.61. The predicted molar refractivity (Wildman–Crippen MR) is 139 cm³/mol. The molecular weight excluding hydrogens is 462 g/mol. The lowest BCUT2D eigenvalue weighted by molar-refractivity contribution is -0.150. The molecule has 0 bridgehead atoms. The number of ether oxygens (including phenoxy) is 2. The summed E-state index contributed by atoms with van der Waals surface area (Å²) in [5.74, 6) is -0.321. The Labute approximate surface area is 214 Å². The fraction of sp³-hybridized carbons (Fsp3) is 0.741. The molecule has 0 spiro atoms. The van der Waals surface area contributed by atoms with Crippen LogP contribution in [0.5, 0.6) is 0 Å². The summed E-state index contributed by atoms with van der Waals surface area (Å²) in [6.07, 6.45) is 17.0. The molecule has 0 unspecified atom stereocenters. The SMILES string of the molecule is CCCCCCCC/C=C\CCCCCCCC(=O)OC[C@H]1O[C@@H](n2ccc(N)nc2=O)[C@@H](O)[C@@H]1O. The third-order valence-corrected chi connectivity index (χ3v) is 6.51. The van der Waals surface area contributed by atoms with Crippen molar-refractivity contribution in [2.24, 2.45) is 0 Å². The molecule has 2 heterocycles. The lowest BCUT2D eigenvalue weighted by Gasteiger charge is -2.16. The van der Waals surface area contributed by atoms with Gasteiger partial charge in [0.25, 0.3) is 0 Å². The number of nitrogens with two attached hydrogens (primary N) is 1. The highest BCUT2D eigenvalue weighted by atomic mass is 16.6. The molecular formula is C27H45N3O6. The third-order valence-electron chi connectivity index (χ3n) is 6.51. The van der Waals surface area contributed by atoms with Gasteiger partial charge in [-0.3, -0.25) is 9.36 Å². The zero-order chi connectivity index (χ0) is 26.2. The van der Waals surface area contributed by atoms with Crippen LogP contribution in [0.15, 0.2) is 29.2 Å². The van der Waals surface area contributed by atoms with E-state index in [0.29, 0.717) is 6.42 Å². The van der Waals surface area contributed by atoms with Gasteiger partial charge >= 0.3 is 11.7 Å². The van der Waals surface area contributed by atoms with E-state index in [1.807, 2.05) is 0 Å². The van der Waals surface area contributed by atoms with Gasteiger partial charge in [-0.2, -0.15) is 4.98 Å². The number of aliphatic hydroxyl groups excluding tert-OH is 2. The van der Waals surface area contributed by atoms with E-state index in [1.165, 1.54) is 63.6 Å². The number of unbranched alkanes of at least 4 members (excludes halogenated alkanes) is 11. The Kier molecular flexibility index (Phi) is 14.4. The van der Waals surface area contributed by atoms with Crippen LogP contribution >= 0.6 is 0 Å². The van der Waals surface area contributed by atoms with E-state index in [2.05, 4.69) is 24.1 Å². The molecule has 0 aliphatic carbocycles. The second kappa shape index (κ2) is 17.3. The number of rotatable bonds is 18. The monoisotopic (exact) mass is 507 g/mol. The summed E-state index contributed by atoms with van der Waals surface area (Å²) in [7, 11) is 0. The fourth-order valence-electron chi connectivity index (χ4n) is 4.30. The molecule has 36 heavy (non-hydrogen) atoms. The molecule has 1 saturated heterocycles. The van der Waals surface area contributed by atoms with Crippen molar-refractivity contribution >= 4 is 11.8 Å². The minimum Gasteiger partial charge on any atom is -0.463 e. The molecule has 4 N–H and O–H groups in total. The third kappa shape index (κ3) is 10.8. The maximum absolute atomic E-state index is 12.1. The number of allylic oxidation sites excluding steroid dienone is 2. The van der Waals surface area contributed by atoms with Crippen molar-refractivity contribution < 1.29 is 24.5 Å². The van der Waals surface area contributed by atoms with Gasteiger partial charge in [-0.25, -0.2) is 4.79 Å². The van der Waals surface area contributed by atoms with Gasteiger partial charge in [-0.05, 0) is 38.2 Å². The molecule has 1 aliphatic rings. The van der Waals surface area contributed by atoms with E-state index in [0.717, 1.165) is 36.7 Å². The summed E-state index contributed by atoms with van der Waals surface area (Å²) < 4.78 is 11.9. The number of esters is 1. The van der Waals surface area contributed by atoms with E-state index in [9.17, 15) is 19.8 Å². The predicted octanol–water partition coefficient (Wildman–Crippen LogP) is 4.03. The minimum absolute atomic E-state index is 0.0467. The molecule has 9 heteroatoms. The first kappa shape index (κ1) is 30.0. The number of aliphatic hydroxyl groups is 2. The maximum atomic E-state index is 12.1. The number of nitrogen functional groups attached to an aromatic ring is 1. The van der Waals surface area contributed by atoms with Gasteiger partial charge in [0.15, 0.2) is 6.23 Å². The van der Waals surface area contributed by atoms with Crippen molar-refractivity contribution in [3.63, 3.8) is 0 Å². The Balaban J connectivity index is 1.50. The van der Waals surface area contributed by atoms with Crippen LogP contribution < -0.4 is 11.4 Å². The first-order chi connectivity index (χ1) is 17.4. The lowest BCUT2D eigenvalue weighted by Crippen LogP contribution is -2.36. The van der Waals surface area contributed by atoms with Gasteiger partial charge in [0.2, 0.25) is 0 Å². The number of carbonyl (C=O) groups is 1. The standard InChI is InChI=1S/C27H45N3O6/c1-2-3-4-5-6-7-8-9-10-11-12-13-14-15-16-17-23(31)35-20-21-24(32)25(33)26(36-21)30-19-18-22(28)29-27(30)34/h9-10,18-19,21,24-26,32-33H,2-8,11-17,20H2,1H3,(H2,28,29,34)/b10-9-/t21-,24-,25+,26-/m1/s1. The Morgan fingerprint density at radius 1 is 1.03 bits per heavy atom. The molecule has 2 rings (SSSR count). The summed E-state index contributed by atoms with van der Waals surface area (Å²) in [6.45, 7) is 2.05. The largest absolute Gasteiger partial charge is 0.463 e. The summed E-state index contributed by atoms with van der Waals surface area (Å²) in [6, 6.07) is 1.39. The van der Waals surface area contributed by atoms with Crippen molar-refractivity contribution in [3.05, 3.63) is 34.9 Å². The van der Waals surface area contributed by atoms with Crippen molar-refractivity contribution in [1.82, 2.24) is 9.55 Å². The van der Waals surface area contributed by atoms with E-state index in [1.54, 1.807) is 0 Å². The number of hydrogen-bond donors (Lipinski definition) is 3. The van der Waals surface area contributed by atoms with Gasteiger partial charge in [-0.15, -0.1) is 0 Å². The first-order valence-electron chi connectivity index (χ1n) is 13.6. The lowest BCUT2D eigenvalue weighted by atomic mass is 10.1. The zero-order valence-electron chi connectivity index (χ0n) is 21.7. The maximum Gasteiger partial charge on any atom is 0.351 e. The number of aromatic nitrogens is 2. The quantitative estimate of drug-likeness (QED) is 0.154. The summed E-state index contributed by atoms with van der Waals surface area (Å²) in [5, 5.41) is 20.5. The van der Waals surface area contributed by atoms with Gasteiger partial charge in [-0.1, -0.05) is 70.4 Å². The van der Waals surface area contributed by atoms with Crippen LogP contribution in [-0.2, 0) is 14.3 Å². The molecule has 1 aromatic heterocycles. The normalized spacial score (nSPS) is 21.9. The molecule has 0 radical (unpaired) electrons. The minimum atomic E-state index is -1.36. The smallest absolute Gasteiger partial charge is 0.351 e. The number of carbonyl (C=O) groups excluding carboxylic acids is 1. The van der Waals surface area contributed by atoms with E-state index < -0.39 is 30.2 Å². The Morgan fingerprint density at radius 3 is 2.28 bits per heavy atom. The van der Waals surface area contributed by atoms with Gasteiger partial charge in [0.05, 0.1) is 0 Å². The molecule has 1 fully saturated rings. The van der Waals surface area contributed by atoms with Crippen molar-refractivity contribution in [2.45, 2.75) is 121 Å². The highest BCUT2D eigenvalue weighted by molar-refractivity contribution is 5.69. The van der Waals surface area contributed by atoms with Gasteiger partial charge < -0.3 is 25.4 Å². The van der Waals surface area contributed by atoms with Crippen LogP contribution in [0.1, 0.15) is 103 Å². The average Bonchev–Trinajstić information content (AvgIpc) is 3.13. The Bertz CT molecular complexity index is 843.